The number of hydrogen-bond donors (Lipinski definition) is 3. The molecule has 40 heavy (non-hydrogen) atoms. The van der Waals surface area contributed by atoms with Crippen molar-refractivity contribution in [1.29, 1.82) is 0 Å². The molecule has 4 rings (SSSR count). The zero-order valence-electron chi connectivity index (χ0n) is 21.0. The third kappa shape index (κ3) is 6.20. The molecule has 0 aliphatic carbocycles. The van der Waals surface area contributed by atoms with E-state index in [0.717, 1.165) is 4.90 Å². The van der Waals surface area contributed by atoms with Crippen molar-refractivity contribution in [2.24, 2.45) is 5.14 Å². The number of esters is 1. The molecule has 0 saturated heterocycles. The highest BCUT2D eigenvalue weighted by molar-refractivity contribution is 7.89. The van der Waals surface area contributed by atoms with E-state index in [1.165, 1.54) is 60.7 Å². The molecule has 1 aliphatic heterocycles. The number of sulfonamides is 1. The number of ether oxygens (including phenoxy) is 1. The van der Waals surface area contributed by atoms with E-state index in [-0.39, 0.29) is 39.0 Å². The van der Waals surface area contributed by atoms with Gasteiger partial charge in [0.25, 0.3) is 17.7 Å². The van der Waals surface area contributed by atoms with E-state index in [1.807, 2.05) is 6.92 Å². The molecule has 0 bridgehead atoms. The molecular formula is C27H23ClN4O7S. The summed E-state index contributed by atoms with van der Waals surface area (Å²) in [4.78, 5) is 51.5. The summed E-state index contributed by atoms with van der Waals surface area (Å²) in [6.45, 7) is 2.14. The Labute approximate surface area is 234 Å². The maximum atomic E-state index is 13.1. The van der Waals surface area contributed by atoms with Crippen molar-refractivity contribution in [3.63, 3.8) is 0 Å². The lowest BCUT2D eigenvalue weighted by Crippen LogP contribution is -2.32. The number of nitrogens with zero attached hydrogens (tertiary/aromatic N) is 1. The molecule has 0 atom stereocenters. The molecule has 0 radical (unpaired) electrons. The number of imide groups is 1. The van der Waals surface area contributed by atoms with E-state index in [4.69, 9.17) is 21.5 Å². The Morgan fingerprint density at radius 2 is 1.60 bits per heavy atom. The van der Waals surface area contributed by atoms with Crippen LogP contribution in [0.1, 0.15) is 34.1 Å². The number of hydrogen-bond acceptors (Lipinski definition) is 8. The van der Waals surface area contributed by atoms with Gasteiger partial charge in [0.05, 0.1) is 22.8 Å². The topological polar surface area (TPSA) is 165 Å². The molecule has 11 nitrogen and oxygen atoms in total. The molecule has 0 saturated carbocycles. The van der Waals surface area contributed by atoms with Crippen LogP contribution in [-0.2, 0) is 24.3 Å². The molecule has 3 aromatic rings. The number of anilines is 3. The fourth-order valence-electron chi connectivity index (χ4n) is 3.68. The van der Waals surface area contributed by atoms with Crippen LogP contribution in [0.15, 0.2) is 88.4 Å². The molecule has 1 heterocycles. The number of carbonyl (C=O) groups excluding carboxylic acids is 4. The summed E-state index contributed by atoms with van der Waals surface area (Å²) in [6, 6.07) is 17.2. The van der Waals surface area contributed by atoms with E-state index in [1.54, 1.807) is 12.1 Å². The Kier molecular flexibility index (Phi) is 8.33. The lowest BCUT2D eigenvalue weighted by Gasteiger charge is -2.15. The highest BCUT2D eigenvalue weighted by Gasteiger charge is 2.39. The predicted molar refractivity (Wildman–Crippen MR) is 148 cm³/mol. The van der Waals surface area contributed by atoms with E-state index in [0.29, 0.717) is 17.8 Å². The van der Waals surface area contributed by atoms with Crippen LogP contribution in [0, 0.1) is 0 Å². The average molecular weight is 583 g/mol. The first-order chi connectivity index (χ1) is 19.0. The van der Waals surface area contributed by atoms with Gasteiger partial charge in [-0.05, 0) is 73.2 Å². The summed E-state index contributed by atoms with van der Waals surface area (Å²) in [5, 5.41) is 10.2. The number of nitrogens with one attached hydrogen (secondary N) is 2. The van der Waals surface area contributed by atoms with Crippen molar-refractivity contribution in [2.45, 2.75) is 18.2 Å². The van der Waals surface area contributed by atoms with Gasteiger partial charge in [-0.25, -0.2) is 23.3 Å². The lowest BCUT2D eigenvalue weighted by atomic mass is 10.1. The van der Waals surface area contributed by atoms with Gasteiger partial charge in [-0.2, -0.15) is 0 Å². The normalized spacial score (nSPS) is 13.4. The highest BCUT2D eigenvalue weighted by atomic mass is 35.5. The fourth-order valence-corrected chi connectivity index (χ4v) is 4.41. The molecular weight excluding hydrogens is 560 g/mol. The van der Waals surface area contributed by atoms with Crippen LogP contribution in [0.4, 0.5) is 17.1 Å². The molecule has 0 spiro atoms. The molecule has 0 unspecified atom stereocenters. The van der Waals surface area contributed by atoms with Crippen LogP contribution >= 0.6 is 11.6 Å². The largest absolute Gasteiger partial charge is 0.462 e. The van der Waals surface area contributed by atoms with Crippen molar-refractivity contribution in [2.75, 3.05) is 22.1 Å². The maximum absolute atomic E-state index is 13.1. The van der Waals surface area contributed by atoms with E-state index < -0.39 is 33.7 Å². The quantitative estimate of drug-likeness (QED) is 0.254. The molecule has 0 aromatic heterocycles. The Balaban J connectivity index is 1.47. The zero-order chi connectivity index (χ0) is 29.0. The number of primary sulfonamides is 1. The SMILES string of the molecule is CCCOC(=O)c1ccc(N2C(=O)C(Cl)=C(Nc3cccc(C(=O)Nc4ccc(S(N)(=O)=O)cc4)c3)C2=O)cc1. The van der Waals surface area contributed by atoms with Crippen molar-refractivity contribution < 1.29 is 32.3 Å². The monoisotopic (exact) mass is 582 g/mol. The Hall–Kier alpha value is -4.52. The lowest BCUT2D eigenvalue weighted by molar-refractivity contribution is -0.120. The minimum absolute atomic E-state index is 0.0999. The third-order valence-electron chi connectivity index (χ3n) is 5.66. The smallest absolute Gasteiger partial charge is 0.338 e. The molecule has 3 aromatic carbocycles. The molecule has 13 heteroatoms. The molecule has 3 amide bonds. The van der Waals surface area contributed by atoms with Gasteiger partial charge in [-0.1, -0.05) is 24.6 Å². The first-order valence-corrected chi connectivity index (χ1v) is 13.8. The van der Waals surface area contributed by atoms with Crippen molar-refractivity contribution in [1.82, 2.24) is 0 Å². The summed E-state index contributed by atoms with van der Waals surface area (Å²) in [5.74, 6) is -2.51. The highest BCUT2D eigenvalue weighted by Crippen LogP contribution is 2.30. The number of halogens is 1. The number of benzene rings is 3. The number of rotatable bonds is 9. The van der Waals surface area contributed by atoms with Crippen LogP contribution in [0.25, 0.3) is 0 Å². The van der Waals surface area contributed by atoms with Gasteiger partial charge in [0.2, 0.25) is 10.0 Å². The van der Waals surface area contributed by atoms with Crippen LogP contribution < -0.4 is 20.7 Å². The molecule has 206 valence electrons. The molecule has 0 fully saturated rings. The number of amides is 3. The van der Waals surface area contributed by atoms with Crippen molar-refractivity contribution in [3.8, 4) is 0 Å². The zero-order valence-corrected chi connectivity index (χ0v) is 22.6. The summed E-state index contributed by atoms with van der Waals surface area (Å²) < 4.78 is 27.9. The summed E-state index contributed by atoms with van der Waals surface area (Å²) >= 11 is 6.21. The van der Waals surface area contributed by atoms with Crippen LogP contribution in [0.5, 0.6) is 0 Å². The summed E-state index contributed by atoms with van der Waals surface area (Å²) in [6.07, 6.45) is 0.672. The third-order valence-corrected chi connectivity index (χ3v) is 6.94. The van der Waals surface area contributed by atoms with Gasteiger partial charge in [-0.15, -0.1) is 0 Å². The van der Waals surface area contributed by atoms with Gasteiger partial charge in [0, 0.05) is 16.9 Å². The van der Waals surface area contributed by atoms with Crippen LogP contribution in [0.2, 0.25) is 0 Å². The molecule has 4 N–H and O–H groups in total. The Morgan fingerprint density at radius 3 is 2.23 bits per heavy atom. The van der Waals surface area contributed by atoms with E-state index >= 15 is 0 Å². The second-order valence-electron chi connectivity index (χ2n) is 8.55. The van der Waals surface area contributed by atoms with Crippen LogP contribution in [0.3, 0.4) is 0 Å². The molecule has 1 aliphatic rings. The number of nitrogens with two attached hydrogens (primary N) is 1. The van der Waals surface area contributed by atoms with E-state index in [2.05, 4.69) is 10.6 Å². The first-order valence-electron chi connectivity index (χ1n) is 11.9. The van der Waals surface area contributed by atoms with Crippen molar-refractivity contribution in [3.05, 3.63) is 94.7 Å². The summed E-state index contributed by atoms with van der Waals surface area (Å²) in [7, 11) is -3.87. The van der Waals surface area contributed by atoms with Gasteiger partial charge in [0.15, 0.2) is 0 Å². The minimum atomic E-state index is -3.87. The van der Waals surface area contributed by atoms with Gasteiger partial charge < -0.3 is 15.4 Å². The average Bonchev–Trinajstić information content (AvgIpc) is 3.14. The Morgan fingerprint density at radius 1 is 0.925 bits per heavy atom. The van der Waals surface area contributed by atoms with E-state index in [9.17, 15) is 27.6 Å². The van der Waals surface area contributed by atoms with Gasteiger partial charge in [-0.3, -0.25) is 14.4 Å². The fraction of sp³-hybridized carbons (Fsp3) is 0.111. The second kappa shape index (κ2) is 11.7. The maximum Gasteiger partial charge on any atom is 0.338 e. The second-order valence-corrected chi connectivity index (χ2v) is 10.5. The van der Waals surface area contributed by atoms with Crippen LogP contribution in [-0.4, -0.2) is 38.7 Å². The van der Waals surface area contributed by atoms with Gasteiger partial charge >= 0.3 is 5.97 Å². The predicted octanol–water partition coefficient (Wildman–Crippen LogP) is 3.59. The first kappa shape index (κ1) is 28.5. The van der Waals surface area contributed by atoms with Crippen molar-refractivity contribution >= 4 is 62.4 Å². The standard InChI is InChI=1S/C27H23ClN4O7S/c1-2-14-39-27(36)16-6-10-20(11-7-16)32-25(34)22(28)23(26(32)35)30-19-5-3-4-17(15-19)24(33)31-18-8-12-21(13-9-18)40(29,37)38/h3-13,15,30H,2,14H2,1H3,(H,31,33)(H2,29,37,38). The van der Waals surface area contributed by atoms with Gasteiger partial charge in [0.1, 0.15) is 10.7 Å². The summed E-state index contributed by atoms with van der Waals surface area (Å²) in [5.41, 5.74) is 1.13. The minimum Gasteiger partial charge on any atom is -0.462 e. The Bertz CT molecular complexity index is 1640. The number of carbonyl (C=O) groups is 4.